The van der Waals surface area contributed by atoms with Crippen LogP contribution in [0.15, 0.2) is 58.5 Å². The summed E-state index contributed by atoms with van der Waals surface area (Å²) in [6, 6.07) is -0.0611. The van der Waals surface area contributed by atoms with Crippen molar-refractivity contribution in [3.8, 4) is 0 Å². The lowest BCUT2D eigenvalue weighted by molar-refractivity contribution is -0.441. The van der Waals surface area contributed by atoms with Gasteiger partial charge in [-0.1, -0.05) is 24.3 Å². The minimum absolute atomic E-state index is 0.234. The molecule has 0 bridgehead atoms. The van der Waals surface area contributed by atoms with E-state index in [2.05, 4.69) is 9.98 Å². The summed E-state index contributed by atoms with van der Waals surface area (Å²) in [7, 11) is 0. The maximum atomic E-state index is 14.4. The van der Waals surface area contributed by atoms with Crippen molar-refractivity contribution in [2.45, 2.75) is 85.4 Å². The zero-order valence-corrected chi connectivity index (χ0v) is 26.3. The van der Waals surface area contributed by atoms with Crippen molar-refractivity contribution < 1.29 is 114 Å². The Morgan fingerprint density at radius 1 is 0.304 bits per heavy atom. The lowest BCUT2D eigenvalue weighted by atomic mass is 9.90. The van der Waals surface area contributed by atoms with E-state index >= 15 is 0 Å². The van der Waals surface area contributed by atoms with E-state index in [1.165, 1.54) is 0 Å². The van der Waals surface area contributed by atoms with E-state index in [1.54, 1.807) is 0 Å². The van der Waals surface area contributed by atoms with E-state index in [0.29, 0.717) is 0 Å². The summed E-state index contributed by atoms with van der Waals surface area (Å²) >= 11 is 0. The van der Waals surface area contributed by atoms with E-state index in [4.69, 9.17) is 0 Å². The first-order valence-corrected chi connectivity index (χ1v) is 13.7. The molecule has 0 aromatic heterocycles. The van der Waals surface area contributed by atoms with Gasteiger partial charge in [0.15, 0.2) is 0 Å². The predicted molar refractivity (Wildman–Crippen MR) is 138 cm³/mol. The van der Waals surface area contributed by atoms with Crippen LogP contribution in [0.2, 0.25) is 0 Å². The first kappa shape index (κ1) is 48.1. The van der Waals surface area contributed by atoms with Gasteiger partial charge in [0.2, 0.25) is 0 Å². The van der Waals surface area contributed by atoms with E-state index in [9.17, 15) is 114 Å². The molecule has 0 atom stereocenters. The Kier molecular flexibility index (Phi) is 11.9. The first-order chi connectivity index (χ1) is 24.5. The van der Waals surface area contributed by atoms with Crippen molar-refractivity contribution >= 4 is 22.8 Å². The summed E-state index contributed by atoms with van der Waals surface area (Å²) in [6.07, 6.45) is -15.3. The summed E-state index contributed by atoms with van der Waals surface area (Å²) < 4.78 is 349. The standard InChI is InChI=1S/C28H14F26N2/c1-11(55-15-7-3-13(4-8-15)17(29,30)19(33,34)21(37,38)23(41,42)25(45,46)27(49,50)51)12(2)56-16-9-5-14(6-10-16)18(31,32)20(35,36)22(39,40)24(43,44)26(47,48)28(52,53)54/h3-10H,1-2H3. The van der Waals surface area contributed by atoms with Crippen molar-refractivity contribution in [1.29, 1.82) is 0 Å². The van der Waals surface area contributed by atoms with Crippen molar-refractivity contribution in [2.24, 2.45) is 9.98 Å². The molecule has 56 heavy (non-hydrogen) atoms. The molecule has 0 aliphatic rings. The third kappa shape index (κ3) is 7.09. The Hall–Kier alpha value is -4.04. The van der Waals surface area contributed by atoms with Crippen LogP contribution >= 0.6 is 0 Å². The van der Waals surface area contributed by atoms with Gasteiger partial charge in [-0.05, 0) is 38.1 Å². The fraction of sp³-hybridized carbons (Fsp3) is 0.500. The number of hydrogen-bond acceptors (Lipinski definition) is 2. The van der Waals surface area contributed by atoms with Gasteiger partial charge in [-0.15, -0.1) is 0 Å². The molecule has 0 radical (unpaired) electrons. The van der Waals surface area contributed by atoms with Crippen LogP contribution < -0.4 is 0 Å². The fourth-order valence-electron chi connectivity index (χ4n) is 3.94. The van der Waals surface area contributed by atoms with Crippen molar-refractivity contribution in [1.82, 2.24) is 0 Å². The van der Waals surface area contributed by atoms with Crippen molar-refractivity contribution in [3.63, 3.8) is 0 Å². The fourth-order valence-corrected chi connectivity index (χ4v) is 3.94. The van der Waals surface area contributed by atoms with Crippen LogP contribution in [0.5, 0.6) is 0 Å². The highest BCUT2D eigenvalue weighted by molar-refractivity contribution is 6.41. The quantitative estimate of drug-likeness (QED) is 0.142. The summed E-state index contributed by atoms with van der Waals surface area (Å²) in [4.78, 5) is 7.22. The zero-order chi connectivity index (χ0) is 44.5. The Morgan fingerprint density at radius 2 is 0.500 bits per heavy atom. The summed E-state index contributed by atoms with van der Waals surface area (Å²) in [5, 5.41) is 0. The molecule has 0 saturated carbocycles. The van der Waals surface area contributed by atoms with Gasteiger partial charge in [0.1, 0.15) is 0 Å². The molecule has 318 valence electrons. The highest BCUT2D eigenvalue weighted by Crippen LogP contribution is 2.63. The Bertz CT molecular complexity index is 1650. The van der Waals surface area contributed by atoms with E-state index < -0.39 is 106 Å². The minimum Gasteiger partial charge on any atom is -0.252 e. The van der Waals surface area contributed by atoms with Crippen LogP contribution in [0.25, 0.3) is 0 Å². The van der Waals surface area contributed by atoms with Gasteiger partial charge >= 0.3 is 71.6 Å². The second-order valence-electron chi connectivity index (χ2n) is 11.2. The van der Waals surface area contributed by atoms with E-state index in [-0.39, 0.29) is 48.5 Å². The largest absolute Gasteiger partial charge is 0.460 e. The lowest BCUT2D eigenvalue weighted by Crippen LogP contribution is -2.69. The maximum Gasteiger partial charge on any atom is 0.460 e. The normalized spacial score (nSPS) is 16.1. The Balaban J connectivity index is 2.42. The van der Waals surface area contributed by atoms with Crippen molar-refractivity contribution in [3.05, 3.63) is 59.7 Å². The third-order valence-electron chi connectivity index (χ3n) is 7.44. The first-order valence-electron chi connectivity index (χ1n) is 13.7. The molecule has 0 aliphatic heterocycles. The summed E-state index contributed by atoms with van der Waals surface area (Å²) in [5.41, 5.74) is -6.91. The Labute approximate surface area is 292 Å². The molecule has 0 aliphatic carbocycles. The van der Waals surface area contributed by atoms with Crippen LogP contribution in [0.4, 0.5) is 126 Å². The second kappa shape index (κ2) is 13.8. The third-order valence-corrected chi connectivity index (χ3v) is 7.44. The van der Waals surface area contributed by atoms with E-state index in [0.717, 1.165) is 13.8 Å². The molecular formula is C28H14F26N2. The average molecular weight is 872 g/mol. The maximum absolute atomic E-state index is 14.4. The number of benzene rings is 2. The second-order valence-corrected chi connectivity index (χ2v) is 11.2. The molecular weight excluding hydrogens is 858 g/mol. The molecule has 2 nitrogen and oxygen atoms in total. The van der Waals surface area contributed by atoms with E-state index in [1.807, 2.05) is 0 Å². The smallest absolute Gasteiger partial charge is 0.252 e. The van der Waals surface area contributed by atoms with Gasteiger partial charge in [0, 0.05) is 11.1 Å². The highest BCUT2D eigenvalue weighted by atomic mass is 19.4. The molecule has 0 amide bonds. The summed E-state index contributed by atoms with van der Waals surface area (Å²) in [6.45, 7) is 1.89. The van der Waals surface area contributed by atoms with Gasteiger partial charge in [-0.25, -0.2) is 0 Å². The minimum atomic E-state index is -8.15. The molecule has 2 aromatic carbocycles. The van der Waals surface area contributed by atoms with Crippen molar-refractivity contribution in [2.75, 3.05) is 0 Å². The molecule has 0 fully saturated rings. The molecule has 0 saturated heterocycles. The molecule has 28 heteroatoms. The number of hydrogen-bond donors (Lipinski definition) is 0. The monoisotopic (exact) mass is 872 g/mol. The molecule has 0 N–H and O–H groups in total. The number of aliphatic imine (C=N–C) groups is 2. The molecule has 0 heterocycles. The average Bonchev–Trinajstić information content (AvgIpc) is 3.03. The lowest BCUT2D eigenvalue weighted by Gasteiger charge is -2.39. The number of halogens is 26. The van der Waals surface area contributed by atoms with Gasteiger partial charge in [-0.3, -0.25) is 9.98 Å². The number of nitrogens with zero attached hydrogens (tertiary/aromatic N) is 2. The summed E-state index contributed by atoms with van der Waals surface area (Å²) in [5.74, 6) is -76.9. The molecule has 2 rings (SSSR count). The van der Waals surface area contributed by atoms with Gasteiger partial charge < -0.3 is 0 Å². The van der Waals surface area contributed by atoms with Crippen LogP contribution in [-0.4, -0.2) is 71.2 Å². The van der Waals surface area contributed by atoms with Gasteiger partial charge in [0.05, 0.1) is 22.8 Å². The highest BCUT2D eigenvalue weighted by Gasteiger charge is 2.92. The predicted octanol–water partition coefficient (Wildman–Crippen LogP) is 13.0. The van der Waals surface area contributed by atoms with Crippen LogP contribution in [0, 0.1) is 0 Å². The van der Waals surface area contributed by atoms with Crippen LogP contribution in [-0.2, 0) is 11.8 Å². The molecule has 0 spiro atoms. The zero-order valence-electron chi connectivity index (χ0n) is 26.3. The number of rotatable bonds is 13. The van der Waals surface area contributed by atoms with Gasteiger partial charge in [0.25, 0.3) is 0 Å². The van der Waals surface area contributed by atoms with Crippen LogP contribution in [0.1, 0.15) is 25.0 Å². The number of alkyl halides is 26. The van der Waals surface area contributed by atoms with Crippen LogP contribution in [0.3, 0.4) is 0 Å². The molecule has 0 unspecified atom stereocenters. The van der Waals surface area contributed by atoms with Gasteiger partial charge in [-0.2, -0.15) is 114 Å². The molecule has 2 aromatic rings. The SMILES string of the molecule is CC(=Nc1ccc(C(F)(F)C(F)(F)C(F)(F)C(F)(F)C(F)(F)C(F)(F)F)cc1)C(C)=Nc1ccc(C(F)(F)C(F)(F)C(F)(F)C(F)(F)C(F)(F)C(F)(F)F)cc1. The Morgan fingerprint density at radius 3 is 0.696 bits per heavy atom. The topological polar surface area (TPSA) is 24.7 Å².